The van der Waals surface area contributed by atoms with Crippen LogP contribution >= 0.6 is 0 Å². The van der Waals surface area contributed by atoms with Gasteiger partial charge in [0, 0.05) is 31.7 Å². The quantitative estimate of drug-likeness (QED) is 0.478. The summed E-state index contributed by atoms with van der Waals surface area (Å²) in [5.41, 5.74) is 4.07. The van der Waals surface area contributed by atoms with Gasteiger partial charge in [-0.25, -0.2) is 0 Å². The maximum Gasteiger partial charge on any atom is 0.471 e. The lowest BCUT2D eigenvalue weighted by Crippen LogP contribution is -2.33. The molecule has 0 spiro atoms. The molecule has 1 fully saturated rings. The zero-order valence-electron chi connectivity index (χ0n) is 16.3. The lowest BCUT2D eigenvalue weighted by Gasteiger charge is -2.34. The van der Waals surface area contributed by atoms with E-state index in [-0.39, 0.29) is 17.4 Å². The Hall–Kier alpha value is -3.56. The van der Waals surface area contributed by atoms with Crippen LogP contribution in [0.15, 0.2) is 53.4 Å². The second-order valence-corrected chi connectivity index (χ2v) is 7.36. The number of alkyl halides is 3. The van der Waals surface area contributed by atoms with Gasteiger partial charge in [0.25, 0.3) is 0 Å². The van der Waals surface area contributed by atoms with Gasteiger partial charge < -0.3 is 9.42 Å². The van der Waals surface area contributed by atoms with Crippen LogP contribution in [0.4, 0.5) is 18.9 Å². The molecule has 0 aromatic carbocycles. The third-order valence-electron chi connectivity index (χ3n) is 5.46. The van der Waals surface area contributed by atoms with Crippen LogP contribution in [-0.2, 0) is 6.18 Å². The number of piperidine rings is 1. The van der Waals surface area contributed by atoms with Crippen molar-refractivity contribution >= 4 is 16.7 Å². The molecule has 1 aliphatic heterocycles. The number of rotatable bonds is 3. The lowest BCUT2D eigenvalue weighted by molar-refractivity contribution is -0.159. The molecule has 5 heterocycles. The van der Waals surface area contributed by atoms with Crippen LogP contribution < -0.4 is 4.90 Å². The molecule has 1 saturated heterocycles. The van der Waals surface area contributed by atoms with Crippen molar-refractivity contribution in [2.24, 2.45) is 0 Å². The summed E-state index contributed by atoms with van der Waals surface area (Å²) < 4.78 is 42.5. The van der Waals surface area contributed by atoms with Gasteiger partial charge in [-0.05, 0) is 54.7 Å². The Bertz CT molecular complexity index is 1210. The molecule has 0 atom stereocenters. The number of aromatic nitrogens is 5. The van der Waals surface area contributed by atoms with Crippen molar-refractivity contribution in [3.8, 4) is 11.5 Å². The molecule has 5 rings (SSSR count). The molecule has 0 radical (unpaired) electrons. The standard InChI is InChI=1S/C21H17F3N6O/c22-21(23,24)20-28-19(29-31-20)16-12-14(3-8-26-16)13-5-10-30(11-6-13)17-4-9-25-15-2-1-7-27-18(15)17/h1-4,7-9,12-13H,5-6,10-11H2. The molecule has 4 aromatic heterocycles. The summed E-state index contributed by atoms with van der Waals surface area (Å²) in [4.78, 5) is 18.7. The van der Waals surface area contributed by atoms with Gasteiger partial charge in [-0.15, -0.1) is 0 Å². The Morgan fingerprint density at radius 3 is 2.55 bits per heavy atom. The van der Waals surface area contributed by atoms with Crippen molar-refractivity contribution in [3.63, 3.8) is 0 Å². The van der Waals surface area contributed by atoms with E-state index < -0.39 is 12.1 Å². The van der Waals surface area contributed by atoms with Crippen molar-refractivity contribution in [2.75, 3.05) is 18.0 Å². The van der Waals surface area contributed by atoms with Gasteiger partial charge in [-0.2, -0.15) is 18.2 Å². The van der Waals surface area contributed by atoms with Crippen LogP contribution in [0.5, 0.6) is 0 Å². The minimum Gasteiger partial charge on any atom is -0.370 e. The summed E-state index contributed by atoms with van der Waals surface area (Å²) >= 11 is 0. The van der Waals surface area contributed by atoms with Gasteiger partial charge in [0.2, 0.25) is 5.82 Å². The van der Waals surface area contributed by atoms with Gasteiger partial charge >= 0.3 is 12.1 Å². The van der Waals surface area contributed by atoms with Crippen LogP contribution in [0.25, 0.3) is 22.6 Å². The number of nitrogens with zero attached hydrogens (tertiary/aromatic N) is 6. The molecule has 0 bridgehead atoms. The van der Waals surface area contributed by atoms with Crippen LogP contribution in [0, 0.1) is 0 Å². The largest absolute Gasteiger partial charge is 0.471 e. The van der Waals surface area contributed by atoms with E-state index in [0.717, 1.165) is 48.2 Å². The predicted molar refractivity (Wildman–Crippen MR) is 106 cm³/mol. The van der Waals surface area contributed by atoms with Gasteiger partial charge in [-0.3, -0.25) is 15.0 Å². The third-order valence-corrected chi connectivity index (χ3v) is 5.46. The number of pyridine rings is 3. The van der Waals surface area contributed by atoms with Gasteiger partial charge in [-0.1, -0.05) is 5.16 Å². The van der Waals surface area contributed by atoms with E-state index in [4.69, 9.17) is 0 Å². The fourth-order valence-electron chi connectivity index (χ4n) is 3.94. The molecule has 0 amide bonds. The molecule has 158 valence electrons. The Balaban J connectivity index is 1.33. The second-order valence-electron chi connectivity index (χ2n) is 7.36. The summed E-state index contributed by atoms with van der Waals surface area (Å²) in [5, 5.41) is 3.43. The van der Waals surface area contributed by atoms with Crippen LogP contribution in [0.2, 0.25) is 0 Å². The zero-order chi connectivity index (χ0) is 21.4. The normalized spacial score (nSPS) is 15.5. The smallest absolute Gasteiger partial charge is 0.370 e. The Morgan fingerprint density at radius 2 is 1.77 bits per heavy atom. The summed E-state index contributed by atoms with van der Waals surface area (Å²) in [7, 11) is 0. The number of fused-ring (bicyclic) bond motifs is 1. The van der Waals surface area contributed by atoms with Gasteiger partial charge in [0.05, 0.1) is 11.2 Å². The summed E-state index contributed by atoms with van der Waals surface area (Å²) in [5.74, 6) is -1.28. The molecular formula is C21H17F3N6O. The van der Waals surface area contributed by atoms with E-state index >= 15 is 0 Å². The topological polar surface area (TPSA) is 80.8 Å². The summed E-state index contributed by atoms with van der Waals surface area (Å²) in [6, 6.07) is 9.42. The van der Waals surface area contributed by atoms with Crippen molar-refractivity contribution in [2.45, 2.75) is 24.9 Å². The minimum absolute atomic E-state index is 0.166. The SMILES string of the molecule is FC(F)(F)c1nc(-c2cc(C3CCN(c4ccnc5cccnc45)CC3)ccn2)no1. The highest BCUT2D eigenvalue weighted by Gasteiger charge is 2.38. The summed E-state index contributed by atoms with van der Waals surface area (Å²) in [6.07, 6.45) is 2.23. The van der Waals surface area contributed by atoms with Crippen LogP contribution in [-0.4, -0.2) is 38.2 Å². The highest BCUT2D eigenvalue weighted by Crippen LogP contribution is 2.34. The molecular weight excluding hydrogens is 409 g/mol. The van der Waals surface area contributed by atoms with Crippen molar-refractivity contribution in [1.82, 2.24) is 25.1 Å². The Kier molecular flexibility index (Phi) is 4.76. The van der Waals surface area contributed by atoms with E-state index in [9.17, 15) is 13.2 Å². The minimum atomic E-state index is -4.68. The first kappa shape index (κ1) is 19.4. The average molecular weight is 426 g/mol. The molecule has 0 N–H and O–H groups in total. The van der Waals surface area contributed by atoms with E-state index in [1.54, 1.807) is 24.7 Å². The molecule has 0 unspecified atom stereocenters. The van der Waals surface area contributed by atoms with Gasteiger partial charge in [0.15, 0.2) is 0 Å². The van der Waals surface area contributed by atoms with Crippen molar-refractivity contribution in [3.05, 3.63) is 60.4 Å². The lowest BCUT2D eigenvalue weighted by atomic mass is 9.89. The van der Waals surface area contributed by atoms with Gasteiger partial charge in [0.1, 0.15) is 11.2 Å². The van der Waals surface area contributed by atoms with Crippen molar-refractivity contribution < 1.29 is 17.7 Å². The maximum absolute atomic E-state index is 12.7. The maximum atomic E-state index is 12.7. The Morgan fingerprint density at radius 1 is 0.968 bits per heavy atom. The first-order valence-electron chi connectivity index (χ1n) is 9.81. The molecule has 1 aliphatic rings. The molecule has 7 nitrogen and oxygen atoms in total. The highest BCUT2D eigenvalue weighted by molar-refractivity contribution is 5.87. The Labute approximate surface area is 175 Å². The van der Waals surface area contributed by atoms with Crippen LogP contribution in [0.3, 0.4) is 0 Å². The molecule has 10 heteroatoms. The van der Waals surface area contributed by atoms with E-state index in [0.29, 0.717) is 0 Å². The van der Waals surface area contributed by atoms with E-state index in [2.05, 4.69) is 34.5 Å². The number of halogens is 3. The third kappa shape index (κ3) is 3.80. The monoisotopic (exact) mass is 426 g/mol. The fraction of sp³-hybridized carbons (Fsp3) is 0.286. The number of anilines is 1. The average Bonchev–Trinajstić information content (AvgIpc) is 3.30. The van der Waals surface area contributed by atoms with E-state index in [1.165, 1.54) is 0 Å². The molecule has 0 saturated carbocycles. The predicted octanol–water partition coefficient (Wildman–Crippen LogP) is 4.48. The first-order valence-corrected chi connectivity index (χ1v) is 9.81. The fourth-order valence-corrected chi connectivity index (χ4v) is 3.94. The zero-order valence-corrected chi connectivity index (χ0v) is 16.3. The number of hydrogen-bond acceptors (Lipinski definition) is 7. The molecule has 4 aromatic rings. The first-order chi connectivity index (χ1) is 15.0. The molecule has 0 aliphatic carbocycles. The molecule has 31 heavy (non-hydrogen) atoms. The van der Waals surface area contributed by atoms with Crippen molar-refractivity contribution in [1.29, 1.82) is 0 Å². The number of hydrogen-bond donors (Lipinski definition) is 0. The van der Waals surface area contributed by atoms with Crippen LogP contribution in [0.1, 0.15) is 30.2 Å². The second kappa shape index (κ2) is 7.60. The summed E-state index contributed by atoms with van der Waals surface area (Å²) in [6.45, 7) is 1.66. The highest BCUT2D eigenvalue weighted by atomic mass is 19.4. The van der Waals surface area contributed by atoms with E-state index in [1.807, 2.05) is 24.3 Å².